The summed E-state index contributed by atoms with van der Waals surface area (Å²) in [6.45, 7) is 1.52. The number of hydrogen-bond acceptors (Lipinski definition) is 6. The number of halogens is 5. The van der Waals surface area contributed by atoms with Crippen LogP contribution in [-0.2, 0) is 22.3 Å². The molecule has 1 fully saturated rings. The lowest BCUT2D eigenvalue weighted by molar-refractivity contribution is -0.137. The van der Waals surface area contributed by atoms with Gasteiger partial charge in [0.1, 0.15) is 23.0 Å². The van der Waals surface area contributed by atoms with E-state index >= 15 is 0 Å². The molecule has 1 saturated heterocycles. The lowest BCUT2D eigenvalue weighted by Gasteiger charge is -2.27. The first-order chi connectivity index (χ1) is 18.0. The fourth-order valence-corrected chi connectivity index (χ4v) is 3.83. The molecule has 0 aliphatic carbocycles. The van der Waals surface area contributed by atoms with Gasteiger partial charge in [-0.05, 0) is 37.3 Å². The number of benzene rings is 2. The fraction of sp³-hybridized carbons (Fsp3) is 0.280. The molecule has 0 spiro atoms. The Morgan fingerprint density at radius 2 is 1.82 bits per heavy atom. The first-order valence-corrected chi connectivity index (χ1v) is 11.4. The van der Waals surface area contributed by atoms with Crippen molar-refractivity contribution >= 4 is 23.2 Å². The van der Waals surface area contributed by atoms with Crippen molar-refractivity contribution in [3.8, 4) is 0 Å². The Morgan fingerprint density at radius 3 is 2.45 bits per heavy atom. The summed E-state index contributed by atoms with van der Waals surface area (Å²) in [5.74, 6) is -2.57. The lowest BCUT2D eigenvalue weighted by Crippen LogP contribution is -2.59. The number of ether oxygens (including phenoxy) is 1. The molecule has 2 aromatic carbocycles. The van der Waals surface area contributed by atoms with Gasteiger partial charge in [0.25, 0.3) is 5.91 Å². The van der Waals surface area contributed by atoms with E-state index < -0.39 is 46.4 Å². The summed E-state index contributed by atoms with van der Waals surface area (Å²) in [4.78, 5) is 33.6. The van der Waals surface area contributed by atoms with Crippen molar-refractivity contribution in [2.45, 2.75) is 31.6 Å². The minimum atomic E-state index is -4.82. The minimum Gasteiger partial charge on any atom is -0.378 e. The van der Waals surface area contributed by atoms with Crippen LogP contribution < -0.4 is 16.0 Å². The Morgan fingerprint density at radius 1 is 1.08 bits per heavy atom. The Hall–Kier alpha value is -4.13. The number of aryl methyl sites for hydroxylation is 1. The quantitative estimate of drug-likeness (QED) is 0.395. The highest BCUT2D eigenvalue weighted by molar-refractivity contribution is 5.99. The zero-order valence-electron chi connectivity index (χ0n) is 20.0. The van der Waals surface area contributed by atoms with Crippen LogP contribution >= 0.6 is 0 Å². The first kappa shape index (κ1) is 26.9. The van der Waals surface area contributed by atoms with Gasteiger partial charge in [0.2, 0.25) is 5.91 Å². The second-order valence-corrected chi connectivity index (χ2v) is 8.66. The molecule has 38 heavy (non-hydrogen) atoms. The van der Waals surface area contributed by atoms with Crippen molar-refractivity contribution in [2.75, 3.05) is 18.5 Å². The monoisotopic (exact) mass is 535 g/mol. The van der Waals surface area contributed by atoms with Gasteiger partial charge in [-0.2, -0.15) is 13.2 Å². The largest absolute Gasteiger partial charge is 0.418 e. The predicted molar refractivity (Wildman–Crippen MR) is 125 cm³/mol. The highest BCUT2D eigenvalue weighted by atomic mass is 19.4. The number of hydrogen-bond donors (Lipinski definition) is 3. The Labute approximate surface area is 213 Å². The summed E-state index contributed by atoms with van der Waals surface area (Å²) in [7, 11) is 0. The van der Waals surface area contributed by atoms with Crippen LogP contribution in [0.15, 0.2) is 48.8 Å². The molecule has 3 aromatic rings. The van der Waals surface area contributed by atoms with E-state index in [1.807, 2.05) is 0 Å². The molecule has 2 amide bonds. The van der Waals surface area contributed by atoms with Gasteiger partial charge in [0, 0.05) is 43.2 Å². The summed E-state index contributed by atoms with van der Waals surface area (Å²) in [5.41, 5.74) is -2.89. The zero-order chi connectivity index (χ0) is 27.5. The van der Waals surface area contributed by atoms with Crippen LogP contribution in [0.4, 0.5) is 33.3 Å². The fourth-order valence-electron chi connectivity index (χ4n) is 3.83. The van der Waals surface area contributed by atoms with Crippen molar-refractivity contribution in [3.05, 3.63) is 82.9 Å². The number of amides is 2. The molecule has 8 nitrogen and oxygen atoms in total. The van der Waals surface area contributed by atoms with Crippen LogP contribution in [0.3, 0.4) is 0 Å². The highest BCUT2D eigenvalue weighted by Gasteiger charge is 2.44. The van der Waals surface area contributed by atoms with Gasteiger partial charge < -0.3 is 20.7 Å². The number of nitrogens with one attached hydrogen (secondary N) is 3. The SMILES string of the molecule is Cc1ncc(C(=O)N[C@@]2(C(=O)NCc3ccc(Nc4ccc(F)cc4C(F)(F)F)cc3F)CCOC2)cn1. The molecule has 3 N–H and O–H groups in total. The molecule has 1 aliphatic rings. The molecule has 200 valence electrons. The van der Waals surface area contributed by atoms with Crippen LogP contribution in [0.1, 0.15) is 33.7 Å². The van der Waals surface area contributed by atoms with Crippen molar-refractivity contribution in [1.82, 2.24) is 20.6 Å². The standard InChI is InChI=1S/C25H22F5N5O3/c1-14-31-11-16(12-32-14)22(36)35-24(6-7-38-13-24)23(37)33-10-15-2-4-18(9-20(15)27)34-21-5-3-17(26)8-19(21)25(28,29)30/h2-5,8-9,11-12,34H,6-7,10,13H2,1H3,(H,33,37)(H,35,36)/t24-/m0/s1. The van der Waals surface area contributed by atoms with E-state index in [0.29, 0.717) is 11.9 Å². The highest BCUT2D eigenvalue weighted by Crippen LogP contribution is 2.36. The van der Waals surface area contributed by atoms with Crippen LogP contribution in [0.25, 0.3) is 0 Å². The number of alkyl halides is 3. The molecule has 1 aromatic heterocycles. The van der Waals surface area contributed by atoms with E-state index in [2.05, 4.69) is 25.9 Å². The third kappa shape index (κ3) is 6.05. The number of nitrogens with zero attached hydrogens (tertiary/aromatic N) is 2. The Balaban J connectivity index is 1.44. The lowest BCUT2D eigenvalue weighted by atomic mass is 9.96. The summed E-state index contributed by atoms with van der Waals surface area (Å²) >= 11 is 0. The third-order valence-corrected chi connectivity index (χ3v) is 5.91. The topological polar surface area (TPSA) is 105 Å². The van der Waals surface area contributed by atoms with Crippen molar-refractivity contribution in [2.24, 2.45) is 0 Å². The average Bonchev–Trinajstić information content (AvgIpc) is 3.34. The van der Waals surface area contributed by atoms with Gasteiger partial charge in [-0.15, -0.1) is 0 Å². The maximum atomic E-state index is 14.8. The van der Waals surface area contributed by atoms with Gasteiger partial charge in [-0.1, -0.05) is 6.07 Å². The van der Waals surface area contributed by atoms with E-state index in [0.717, 1.165) is 18.2 Å². The van der Waals surface area contributed by atoms with Gasteiger partial charge in [0.15, 0.2) is 0 Å². The van der Waals surface area contributed by atoms with Crippen molar-refractivity contribution in [3.63, 3.8) is 0 Å². The van der Waals surface area contributed by atoms with Crippen LogP contribution in [0, 0.1) is 18.6 Å². The summed E-state index contributed by atoms with van der Waals surface area (Å²) < 4.78 is 73.1. The van der Waals surface area contributed by atoms with Gasteiger partial charge in [-0.3, -0.25) is 9.59 Å². The van der Waals surface area contributed by atoms with E-state index in [9.17, 15) is 31.5 Å². The minimum absolute atomic E-state index is 0.0112. The molecule has 2 heterocycles. The van der Waals surface area contributed by atoms with E-state index in [1.54, 1.807) is 6.92 Å². The summed E-state index contributed by atoms with van der Waals surface area (Å²) in [6, 6.07) is 5.67. The second-order valence-electron chi connectivity index (χ2n) is 8.66. The molecular formula is C25H22F5N5O3. The van der Waals surface area contributed by atoms with Gasteiger partial charge in [-0.25, -0.2) is 18.7 Å². The maximum absolute atomic E-state index is 14.8. The van der Waals surface area contributed by atoms with Crippen molar-refractivity contribution < 1.29 is 36.3 Å². The van der Waals surface area contributed by atoms with E-state index in [-0.39, 0.29) is 43.0 Å². The second kappa shape index (κ2) is 10.7. The average molecular weight is 535 g/mol. The molecule has 0 unspecified atom stereocenters. The Kier molecular flexibility index (Phi) is 7.58. The maximum Gasteiger partial charge on any atom is 0.418 e. The van der Waals surface area contributed by atoms with Crippen LogP contribution in [0.5, 0.6) is 0 Å². The molecule has 1 atom stereocenters. The zero-order valence-corrected chi connectivity index (χ0v) is 20.0. The van der Waals surface area contributed by atoms with Gasteiger partial charge in [0.05, 0.1) is 23.4 Å². The van der Waals surface area contributed by atoms with Gasteiger partial charge >= 0.3 is 6.18 Å². The first-order valence-electron chi connectivity index (χ1n) is 11.4. The summed E-state index contributed by atoms with van der Waals surface area (Å²) in [6.07, 6.45) is -1.99. The number of anilines is 2. The van der Waals surface area contributed by atoms with Crippen LogP contribution in [0.2, 0.25) is 0 Å². The normalized spacial score (nSPS) is 17.2. The molecule has 0 saturated carbocycles. The number of rotatable bonds is 7. The molecule has 0 bridgehead atoms. The molecule has 0 radical (unpaired) electrons. The molecule has 4 rings (SSSR count). The van der Waals surface area contributed by atoms with E-state index in [1.165, 1.54) is 24.5 Å². The number of carbonyl (C=O) groups is 2. The van der Waals surface area contributed by atoms with E-state index in [4.69, 9.17) is 4.74 Å². The summed E-state index contributed by atoms with van der Waals surface area (Å²) in [5, 5.41) is 7.68. The van der Waals surface area contributed by atoms with Crippen molar-refractivity contribution in [1.29, 1.82) is 0 Å². The smallest absolute Gasteiger partial charge is 0.378 e. The number of carbonyl (C=O) groups excluding carboxylic acids is 2. The molecular weight excluding hydrogens is 513 g/mol. The third-order valence-electron chi connectivity index (χ3n) is 5.91. The van der Waals surface area contributed by atoms with Crippen LogP contribution in [-0.4, -0.2) is 40.5 Å². The predicted octanol–water partition coefficient (Wildman–Crippen LogP) is 4.03. The number of aromatic nitrogens is 2. The molecule has 1 aliphatic heterocycles. The Bertz CT molecular complexity index is 1340. The molecule has 13 heteroatoms.